The molecular weight excluding hydrogens is 253 g/mol. The van der Waals surface area contributed by atoms with Crippen molar-refractivity contribution in [3.8, 4) is 0 Å². The van der Waals surface area contributed by atoms with E-state index in [1.807, 2.05) is 6.92 Å². The Balaban J connectivity index is -0.0000000393. The summed E-state index contributed by atoms with van der Waals surface area (Å²) in [6, 6.07) is 0. The Morgan fingerprint density at radius 2 is 1.25 bits per heavy atom. The first-order chi connectivity index (χ1) is 6.56. The van der Waals surface area contributed by atoms with Crippen molar-refractivity contribution in [2.75, 3.05) is 32.7 Å². The molecule has 16 heavy (non-hydrogen) atoms. The number of nitrogens with one attached hydrogen (secondary N) is 1. The summed E-state index contributed by atoms with van der Waals surface area (Å²) in [6.07, 6.45) is 0. The summed E-state index contributed by atoms with van der Waals surface area (Å²) < 4.78 is 8.48. The van der Waals surface area contributed by atoms with Gasteiger partial charge in [0.15, 0.2) is 0 Å². The van der Waals surface area contributed by atoms with Gasteiger partial charge in [0.25, 0.3) is 8.25 Å². The van der Waals surface area contributed by atoms with Gasteiger partial charge in [0, 0.05) is 26.2 Å². The maximum atomic E-state index is 8.48. The van der Waals surface area contributed by atoms with E-state index in [0.29, 0.717) is 13.1 Å². The molecule has 0 aliphatic heterocycles. The average Bonchev–Trinajstić information content (AvgIpc) is 2.06. The Bertz CT molecular complexity index is 108. The number of hydrogen-bond donors (Lipinski definition) is 4. The molecule has 0 radical (unpaired) electrons. The van der Waals surface area contributed by atoms with Crippen LogP contribution in [0.2, 0.25) is 0 Å². The fourth-order valence-electron chi connectivity index (χ4n) is 0.329. The first kappa shape index (κ1) is 30.7. The second kappa shape index (κ2) is 36.0. The Labute approximate surface area is 142 Å². The molecule has 0 fully saturated rings. The van der Waals surface area contributed by atoms with Crippen LogP contribution in [0.25, 0.3) is 0 Å². The minimum absolute atomic E-state index is 0. The maximum Gasteiger partial charge on any atom is 1.00 e. The molecule has 10 heteroatoms. The summed E-state index contributed by atoms with van der Waals surface area (Å²) in [5, 5.41) is 3.03. The third kappa shape index (κ3) is 102. The Morgan fingerprint density at radius 1 is 1.06 bits per heavy atom. The zero-order valence-electron chi connectivity index (χ0n) is 10.4. The molecule has 7 N–H and O–H groups in total. The van der Waals surface area contributed by atoms with E-state index in [-0.39, 0.29) is 59.1 Å². The monoisotopic (exact) mass is 273 g/mol. The molecule has 0 atom stereocenters. The Hall–Kier alpha value is 1.86. The minimum Gasteiger partial charge on any atom is -0.598 e. The quantitative estimate of drug-likeness (QED) is 0.225. The number of hydrogen-bond acceptors (Lipinski definition) is 7. The van der Waals surface area contributed by atoms with E-state index in [4.69, 9.17) is 31.6 Å². The van der Waals surface area contributed by atoms with Crippen molar-refractivity contribution in [2.24, 2.45) is 17.2 Å². The fourth-order valence-corrected chi connectivity index (χ4v) is 0.329. The molecule has 0 amide bonds. The third-order valence-corrected chi connectivity index (χ3v) is 0.642. The van der Waals surface area contributed by atoms with Crippen molar-refractivity contribution in [1.29, 1.82) is 0 Å². The molecule has 0 aliphatic carbocycles. The van der Waals surface area contributed by atoms with Crippen molar-refractivity contribution in [3.63, 3.8) is 0 Å². The Morgan fingerprint density at radius 3 is 1.38 bits per heavy atom. The van der Waals surface area contributed by atoms with E-state index in [2.05, 4.69) is 5.32 Å². The second-order valence-electron chi connectivity index (χ2n) is 1.96. The predicted octanol–water partition coefficient (Wildman–Crippen LogP) is -9.17. The van der Waals surface area contributed by atoms with Gasteiger partial charge in [0.2, 0.25) is 0 Å². The van der Waals surface area contributed by atoms with Crippen molar-refractivity contribution in [1.82, 2.24) is 5.32 Å². The van der Waals surface area contributed by atoms with E-state index in [1.165, 1.54) is 0 Å². The smallest absolute Gasteiger partial charge is 0.598 e. The van der Waals surface area contributed by atoms with Crippen LogP contribution in [-0.4, -0.2) is 32.7 Å². The van der Waals surface area contributed by atoms with Crippen molar-refractivity contribution >= 4 is 8.25 Å². The first-order valence-corrected chi connectivity index (χ1v) is 5.28. The van der Waals surface area contributed by atoms with Crippen LogP contribution in [0.15, 0.2) is 0 Å². The molecule has 0 heterocycles. The van der Waals surface area contributed by atoms with Crippen molar-refractivity contribution < 1.29 is 73.5 Å². The number of nitrogens with two attached hydrogens (primary N) is 3. The summed E-state index contributed by atoms with van der Waals surface area (Å²) in [7, 11) is -3.37. The summed E-state index contributed by atoms with van der Waals surface area (Å²) in [4.78, 5) is 17.0. The summed E-state index contributed by atoms with van der Waals surface area (Å²) in [5.74, 6) is 0. The minimum atomic E-state index is -3.37. The van der Waals surface area contributed by atoms with Crippen molar-refractivity contribution in [3.05, 3.63) is 0 Å². The summed E-state index contributed by atoms with van der Waals surface area (Å²) >= 11 is 0. The van der Waals surface area contributed by atoms with Gasteiger partial charge in [0.1, 0.15) is 0 Å². The topological polar surface area (TPSA) is 153 Å². The van der Waals surface area contributed by atoms with Crippen LogP contribution >= 0.6 is 8.25 Å². The van der Waals surface area contributed by atoms with Crippen LogP contribution in [0.1, 0.15) is 6.92 Å². The van der Waals surface area contributed by atoms with Gasteiger partial charge < -0.3 is 32.3 Å². The average molecular weight is 273 g/mol. The SMILES string of the molecule is CCN.NCCNCCN.O=[P+]([O-])[O-].[Na+].[Na+]. The van der Waals surface area contributed by atoms with E-state index in [9.17, 15) is 0 Å². The molecule has 0 aromatic heterocycles. The van der Waals surface area contributed by atoms with Gasteiger partial charge in [-0.25, -0.2) is 0 Å². The summed E-state index contributed by atoms with van der Waals surface area (Å²) in [5.41, 5.74) is 15.2. The Kier molecular flexibility index (Phi) is 69.0. The van der Waals surface area contributed by atoms with Crippen LogP contribution < -0.4 is 91.4 Å². The van der Waals surface area contributed by atoms with Crippen LogP contribution in [0, 0.1) is 0 Å². The fraction of sp³-hybridized carbons (Fsp3) is 1.00. The molecule has 0 aromatic rings. The third-order valence-electron chi connectivity index (χ3n) is 0.642. The largest absolute Gasteiger partial charge is 1.00 e. The molecule has 88 valence electrons. The van der Waals surface area contributed by atoms with E-state index >= 15 is 0 Å². The molecule has 0 aliphatic rings. The van der Waals surface area contributed by atoms with Gasteiger partial charge in [-0.15, -0.1) is 0 Å². The summed E-state index contributed by atoms with van der Waals surface area (Å²) in [6.45, 7) is 5.79. The van der Waals surface area contributed by atoms with E-state index in [1.54, 1.807) is 0 Å². The van der Waals surface area contributed by atoms with Crippen LogP contribution in [0.5, 0.6) is 0 Å². The zero-order valence-corrected chi connectivity index (χ0v) is 15.3. The molecular formula is C6H20N4Na2O3P+. The normalized spacial score (nSPS) is 6.88. The van der Waals surface area contributed by atoms with Crippen LogP contribution in [0.3, 0.4) is 0 Å². The van der Waals surface area contributed by atoms with Crippen LogP contribution in [-0.2, 0) is 4.57 Å². The molecule has 0 saturated carbocycles. The van der Waals surface area contributed by atoms with Gasteiger partial charge in [-0.2, -0.15) is 0 Å². The van der Waals surface area contributed by atoms with Gasteiger partial charge >= 0.3 is 59.1 Å². The predicted molar refractivity (Wildman–Crippen MR) is 53.3 cm³/mol. The molecule has 0 rings (SSSR count). The van der Waals surface area contributed by atoms with Gasteiger partial charge in [-0.05, 0) is 6.54 Å². The number of rotatable bonds is 4. The van der Waals surface area contributed by atoms with Gasteiger partial charge in [-0.1, -0.05) is 11.5 Å². The van der Waals surface area contributed by atoms with Gasteiger partial charge in [0.05, 0.1) is 0 Å². The first-order valence-electron chi connectivity index (χ1n) is 4.19. The molecule has 0 unspecified atom stereocenters. The van der Waals surface area contributed by atoms with Crippen molar-refractivity contribution in [2.45, 2.75) is 6.92 Å². The van der Waals surface area contributed by atoms with E-state index < -0.39 is 8.25 Å². The van der Waals surface area contributed by atoms with Gasteiger partial charge in [-0.3, -0.25) is 0 Å². The molecule has 0 bridgehead atoms. The zero-order chi connectivity index (χ0) is 11.8. The molecule has 0 aromatic carbocycles. The van der Waals surface area contributed by atoms with Crippen LogP contribution in [0.4, 0.5) is 0 Å². The molecule has 0 spiro atoms. The molecule has 0 saturated heterocycles. The standard InChI is InChI=1S/C4H13N3.C2H7N.2Na.HO3P/c5-1-3-7-4-2-6;1-2-3;;;1-4(2)3/h7H,1-6H2;2-3H2,1H3;;;(H,1,2,3)/q;;2*+1;/p-1. The molecule has 7 nitrogen and oxygen atoms in total. The maximum absolute atomic E-state index is 8.48. The van der Waals surface area contributed by atoms with E-state index in [0.717, 1.165) is 19.6 Å². The second-order valence-corrected chi connectivity index (χ2v) is 2.41.